The molecule has 5 nitrogen and oxygen atoms in total. The molecule has 0 bridgehead atoms. The van der Waals surface area contributed by atoms with E-state index in [0.717, 1.165) is 19.3 Å². The molecular weight excluding hydrogens is 266 g/mol. The monoisotopic (exact) mass is 291 g/mol. The van der Waals surface area contributed by atoms with Crippen LogP contribution in [-0.2, 0) is 0 Å². The van der Waals surface area contributed by atoms with Gasteiger partial charge in [-0.2, -0.15) is 0 Å². The van der Waals surface area contributed by atoms with E-state index in [9.17, 15) is 9.59 Å². The summed E-state index contributed by atoms with van der Waals surface area (Å²) in [5.74, 6) is 0.0630. The average molecular weight is 291 g/mol. The largest absolute Gasteiger partial charge is 0.351 e. The number of nitrogens with one attached hydrogen (secondary N) is 2. The van der Waals surface area contributed by atoms with Crippen LogP contribution in [0.25, 0.3) is 0 Å². The molecule has 0 aliphatic rings. The molecule has 0 radical (unpaired) electrons. The van der Waals surface area contributed by atoms with Crippen molar-refractivity contribution in [2.24, 2.45) is 5.92 Å². The summed E-state index contributed by atoms with van der Waals surface area (Å²) < 4.78 is 0. The summed E-state index contributed by atoms with van der Waals surface area (Å²) in [6, 6.07) is 4.92. The van der Waals surface area contributed by atoms with Crippen LogP contribution in [0.1, 0.15) is 61.0 Å². The van der Waals surface area contributed by atoms with Crippen molar-refractivity contribution in [1.82, 2.24) is 15.6 Å². The maximum absolute atomic E-state index is 12.0. The number of carbonyl (C=O) groups excluding carboxylic acids is 2. The number of carbonyl (C=O) groups is 2. The lowest BCUT2D eigenvalue weighted by Crippen LogP contribution is -2.28. The van der Waals surface area contributed by atoms with Gasteiger partial charge in [-0.15, -0.1) is 0 Å². The fourth-order valence-corrected chi connectivity index (χ4v) is 1.72. The van der Waals surface area contributed by atoms with E-state index < -0.39 is 0 Å². The Morgan fingerprint density at radius 2 is 1.67 bits per heavy atom. The summed E-state index contributed by atoms with van der Waals surface area (Å²) in [5.41, 5.74) is 0.560. The molecule has 0 saturated carbocycles. The van der Waals surface area contributed by atoms with Crippen LogP contribution in [0.2, 0.25) is 0 Å². The quantitative estimate of drug-likeness (QED) is 0.722. The van der Waals surface area contributed by atoms with Gasteiger partial charge in [-0.3, -0.25) is 9.59 Å². The summed E-state index contributed by atoms with van der Waals surface area (Å²) in [4.78, 5) is 28.0. The zero-order valence-corrected chi connectivity index (χ0v) is 13.1. The number of unbranched alkanes of at least 4 members (excludes halogenated alkanes) is 1. The molecule has 1 heterocycles. The SMILES string of the molecule is CCCCNC(=O)c1cccc(C(=O)NCCC(C)C)n1. The fraction of sp³-hybridized carbons (Fsp3) is 0.562. The number of rotatable bonds is 8. The molecule has 0 aliphatic carbocycles. The summed E-state index contributed by atoms with van der Waals surface area (Å²) in [7, 11) is 0. The molecule has 0 fully saturated rings. The van der Waals surface area contributed by atoms with Crippen LogP contribution in [0, 0.1) is 5.92 Å². The van der Waals surface area contributed by atoms with E-state index >= 15 is 0 Å². The lowest BCUT2D eigenvalue weighted by atomic mass is 10.1. The summed E-state index contributed by atoms with van der Waals surface area (Å²) in [6.07, 6.45) is 2.87. The molecule has 0 spiro atoms. The van der Waals surface area contributed by atoms with E-state index in [1.165, 1.54) is 0 Å². The highest BCUT2D eigenvalue weighted by atomic mass is 16.2. The van der Waals surface area contributed by atoms with Crippen molar-refractivity contribution < 1.29 is 9.59 Å². The molecule has 5 heteroatoms. The second-order valence-corrected chi connectivity index (χ2v) is 5.46. The minimum absolute atomic E-state index is 0.236. The standard InChI is InChI=1S/C16H25N3O2/c1-4-5-10-17-15(20)13-7-6-8-14(19-13)16(21)18-11-9-12(2)3/h6-8,12H,4-5,9-11H2,1-3H3,(H,17,20)(H,18,21). The van der Waals surface area contributed by atoms with Gasteiger partial charge in [0, 0.05) is 13.1 Å². The van der Waals surface area contributed by atoms with Gasteiger partial charge in [0.05, 0.1) is 0 Å². The van der Waals surface area contributed by atoms with Crippen molar-refractivity contribution in [3.05, 3.63) is 29.6 Å². The molecule has 1 aromatic rings. The third-order valence-electron chi connectivity index (χ3n) is 3.04. The maximum Gasteiger partial charge on any atom is 0.269 e. The van der Waals surface area contributed by atoms with Crippen molar-refractivity contribution in [3.63, 3.8) is 0 Å². The molecule has 0 aliphatic heterocycles. The average Bonchev–Trinajstić information content (AvgIpc) is 2.47. The van der Waals surface area contributed by atoms with Gasteiger partial charge < -0.3 is 10.6 Å². The minimum Gasteiger partial charge on any atom is -0.351 e. The number of pyridine rings is 1. The van der Waals surface area contributed by atoms with E-state index in [1.54, 1.807) is 18.2 Å². The highest BCUT2D eigenvalue weighted by Gasteiger charge is 2.11. The minimum atomic E-state index is -0.237. The molecule has 0 saturated heterocycles. The Bertz CT molecular complexity index is 472. The lowest BCUT2D eigenvalue weighted by molar-refractivity contribution is 0.0943. The molecule has 116 valence electrons. The third kappa shape index (κ3) is 6.38. The topological polar surface area (TPSA) is 71.1 Å². The van der Waals surface area contributed by atoms with E-state index in [2.05, 4.69) is 36.4 Å². The zero-order valence-electron chi connectivity index (χ0n) is 13.1. The van der Waals surface area contributed by atoms with Crippen molar-refractivity contribution in [3.8, 4) is 0 Å². The van der Waals surface area contributed by atoms with Gasteiger partial charge in [0.1, 0.15) is 11.4 Å². The summed E-state index contributed by atoms with van der Waals surface area (Å²) in [5, 5.41) is 5.61. The highest BCUT2D eigenvalue weighted by Crippen LogP contribution is 2.01. The van der Waals surface area contributed by atoms with E-state index in [4.69, 9.17) is 0 Å². The third-order valence-corrected chi connectivity index (χ3v) is 3.04. The number of nitrogens with zero attached hydrogens (tertiary/aromatic N) is 1. The summed E-state index contributed by atoms with van der Waals surface area (Å²) in [6.45, 7) is 7.51. The van der Waals surface area contributed by atoms with E-state index in [1.807, 2.05) is 0 Å². The van der Waals surface area contributed by atoms with Gasteiger partial charge in [-0.25, -0.2) is 4.98 Å². The zero-order chi connectivity index (χ0) is 15.7. The smallest absolute Gasteiger partial charge is 0.269 e. The van der Waals surface area contributed by atoms with Crippen LogP contribution in [0.5, 0.6) is 0 Å². The van der Waals surface area contributed by atoms with Gasteiger partial charge >= 0.3 is 0 Å². The van der Waals surface area contributed by atoms with Crippen LogP contribution in [-0.4, -0.2) is 29.9 Å². The molecule has 1 rings (SSSR count). The van der Waals surface area contributed by atoms with E-state index in [0.29, 0.717) is 19.0 Å². The van der Waals surface area contributed by atoms with Gasteiger partial charge in [-0.1, -0.05) is 33.3 Å². The number of hydrogen-bond donors (Lipinski definition) is 2. The molecule has 0 aromatic carbocycles. The Hall–Kier alpha value is -1.91. The molecule has 1 aromatic heterocycles. The predicted octanol–water partition coefficient (Wildman–Crippen LogP) is 2.39. The van der Waals surface area contributed by atoms with Crippen LogP contribution in [0.4, 0.5) is 0 Å². The van der Waals surface area contributed by atoms with Gasteiger partial charge in [-0.05, 0) is 30.9 Å². The van der Waals surface area contributed by atoms with Gasteiger partial charge in [0.25, 0.3) is 11.8 Å². The Morgan fingerprint density at radius 1 is 1.10 bits per heavy atom. The van der Waals surface area contributed by atoms with Crippen LogP contribution in [0.15, 0.2) is 18.2 Å². The van der Waals surface area contributed by atoms with Crippen LogP contribution >= 0.6 is 0 Å². The first-order chi connectivity index (χ1) is 10.0. The predicted molar refractivity (Wildman–Crippen MR) is 83.3 cm³/mol. The van der Waals surface area contributed by atoms with Crippen molar-refractivity contribution in [2.75, 3.05) is 13.1 Å². The normalized spacial score (nSPS) is 10.5. The van der Waals surface area contributed by atoms with E-state index in [-0.39, 0.29) is 23.2 Å². The Morgan fingerprint density at radius 3 is 2.19 bits per heavy atom. The van der Waals surface area contributed by atoms with Crippen molar-refractivity contribution in [2.45, 2.75) is 40.0 Å². The number of hydrogen-bond acceptors (Lipinski definition) is 3. The first-order valence-corrected chi connectivity index (χ1v) is 7.58. The molecule has 21 heavy (non-hydrogen) atoms. The first-order valence-electron chi connectivity index (χ1n) is 7.58. The first kappa shape index (κ1) is 17.1. The van der Waals surface area contributed by atoms with Crippen LogP contribution in [0.3, 0.4) is 0 Å². The molecular formula is C16H25N3O2. The molecule has 0 unspecified atom stereocenters. The van der Waals surface area contributed by atoms with Gasteiger partial charge in [0.15, 0.2) is 0 Å². The second-order valence-electron chi connectivity index (χ2n) is 5.46. The highest BCUT2D eigenvalue weighted by molar-refractivity contribution is 5.96. The second kappa shape index (κ2) is 9.10. The lowest BCUT2D eigenvalue weighted by Gasteiger charge is -2.08. The Kier molecular flexibility index (Phi) is 7.43. The fourth-order valence-electron chi connectivity index (χ4n) is 1.72. The Labute approximate surface area is 126 Å². The Balaban J connectivity index is 2.58. The molecule has 0 atom stereocenters. The van der Waals surface area contributed by atoms with Crippen molar-refractivity contribution in [1.29, 1.82) is 0 Å². The number of amides is 2. The number of aromatic nitrogens is 1. The summed E-state index contributed by atoms with van der Waals surface area (Å²) >= 11 is 0. The van der Waals surface area contributed by atoms with Crippen LogP contribution < -0.4 is 10.6 Å². The molecule has 2 amide bonds. The van der Waals surface area contributed by atoms with Gasteiger partial charge in [0.2, 0.25) is 0 Å². The molecule has 2 N–H and O–H groups in total. The van der Waals surface area contributed by atoms with Crippen molar-refractivity contribution >= 4 is 11.8 Å². The maximum atomic E-state index is 12.0.